The third-order valence-corrected chi connectivity index (χ3v) is 15.1. The average molecular weight is 907 g/mol. The van der Waals surface area contributed by atoms with Crippen molar-refractivity contribution in [2.75, 3.05) is 0 Å². The van der Waals surface area contributed by atoms with Gasteiger partial charge in [0.1, 0.15) is 10.9 Å². The van der Waals surface area contributed by atoms with E-state index in [9.17, 15) is 26.4 Å². The number of amides is 2. The Labute approximate surface area is 313 Å². The number of benzene rings is 5. The molecule has 0 aromatic heterocycles. The van der Waals surface area contributed by atoms with Crippen molar-refractivity contribution in [3.63, 3.8) is 0 Å². The molecule has 0 saturated carbocycles. The van der Waals surface area contributed by atoms with Crippen LogP contribution in [0.2, 0.25) is 0 Å². The van der Waals surface area contributed by atoms with E-state index in [2.05, 4.69) is 0 Å². The molecule has 0 aliphatic heterocycles. The van der Waals surface area contributed by atoms with Gasteiger partial charge in [-0.15, -0.1) is 0 Å². The van der Waals surface area contributed by atoms with Crippen LogP contribution < -0.4 is 30.6 Å². The molecule has 18 heteroatoms. The number of halogens is 7. The second-order valence-electron chi connectivity index (χ2n) is 10.8. The molecule has 0 heterocycles. The van der Waals surface area contributed by atoms with Gasteiger partial charge in [-0.25, -0.2) is 9.44 Å². The lowest BCUT2D eigenvalue weighted by atomic mass is 10.2. The van der Waals surface area contributed by atoms with Gasteiger partial charge in [0, 0.05) is 0 Å². The maximum atomic E-state index is 15.2. The lowest BCUT2D eigenvalue weighted by Crippen LogP contribution is -3.61. The Bertz CT molecular complexity index is 2300. The standard InChI is InChI=1S/C35H23F6IN2O6S3/c36-33(37,34(38,39)52(47,48)43-31(45)27-20-10-12-22-29(27)42-24-14-4-1-5-15-24)35(40,41)53(49,50)44-32(46)28-21-11-13-23-30(28)51(25-16-6-2-7-17-25)26-18-8-3-9-19-26/h1-23H/p+2. The second kappa shape index (κ2) is 15.5. The zero-order valence-corrected chi connectivity index (χ0v) is 31.2. The molecule has 0 radical (unpaired) electrons. The fourth-order valence-corrected chi connectivity index (χ4v) is 11.4. The van der Waals surface area contributed by atoms with E-state index in [0.29, 0.717) is 18.1 Å². The lowest BCUT2D eigenvalue weighted by molar-refractivity contribution is -0.597. The average Bonchev–Trinajstić information content (AvgIpc) is 3.13. The summed E-state index contributed by atoms with van der Waals surface area (Å²) in [5.74, 6) is -11.0. The third kappa shape index (κ3) is 7.95. The summed E-state index contributed by atoms with van der Waals surface area (Å²) in [6.07, 6.45) is 0. The monoisotopic (exact) mass is 906 g/mol. The first-order chi connectivity index (χ1) is 24.9. The molecule has 0 bridgehead atoms. The molecule has 2 N–H and O–H groups in total. The molecule has 5 aromatic carbocycles. The quantitative estimate of drug-likeness (QED) is 0.106. The SMILES string of the molecule is O=C(NS(=O)(=O)C(F)(F)C(F)(F)C(F)(F)S(=O)(=O)NC(=O)c1ccccc1[S+](c1ccccc1)c1ccccc1)c1ccccc1[I+]c1ccccc1. The van der Waals surface area contributed by atoms with E-state index in [4.69, 9.17) is 0 Å². The van der Waals surface area contributed by atoms with Crippen molar-refractivity contribution in [3.05, 3.63) is 158 Å². The Morgan fingerprint density at radius 2 is 0.887 bits per heavy atom. The number of alkyl halides is 6. The molecular weight excluding hydrogens is 881 g/mol. The summed E-state index contributed by atoms with van der Waals surface area (Å²) < 4.78 is 144. The molecule has 5 aromatic rings. The zero-order chi connectivity index (χ0) is 38.7. The highest BCUT2D eigenvalue weighted by atomic mass is 127. The fourth-order valence-electron chi connectivity index (χ4n) is 4.65. The molecule has 0 spiro atoms. The number of carbonyl (C=O) groups excluding carboxylic acids is 2. The molecule has 5 rings (SSSR count). The summed E-state index contributed by atoms with van der Waals surface area (Å²) in [4.78, 5) is 27.4. The van der Waals surface area contributed by atoms with Crippen LogP contribution in [-0.4, -0.2) is 45.1 Å². The Kier molecular flexibility index (Phi) is 11.7. The van der Waals surface area contributed by atoms with Crippen LogP contribution >= 0.6 is 0 Å². The van der Waals surface area contributed by atoms with Gasteiger partial charge >= 0.3 is 57.7 Å². The predicted molar refractivity (Wildman–Crippen MR) is 179 cm³/mol. The number of hydrogen-bond acceptors (Lipinski definition) is 6. The van der Waals surface area contributed by atoms with Gasteiger partial charge < -0.3 is 0 Å². The minimum absolute atomic E-state index is 0.0540. The van der Waals surface area contributed by atoms with Gasteiger partial charge in [-0.3, -0.25) is 9.59 Å². The Hall–Kier alpha value is -4.40. The van der Waals surface area contributed by atoms with E-state index >= 15 is 26.3 Å². The van der Waals surface area contributed by atoms with Crippen molar-refractivity contribution in [1.29, 1.82) is 0 Å². The van der Waals surface area contributed by atoms with E-state index in [1.807, 2.05) is 0 Å². The fraction of sp³-hybridized carbons (Fsp3) is 0.0857. The minimum atomic E-state index is -7.24. The van der Waals surface area contributed by atoms with Crippen LogP contribution in [0.5, 0.6) is 0 Å². The molecule has 53 heavy (non-hydrogen) atoms. The van der Waals surface area contributed by atoms with Gasteiger partial charge in [0.05, 0.1) is 11.1 Å². The molecule has 0 aliphatic rings. The van der Waals surface area contributed by atoms with Gasteiger partial charge in [-0.1, -0.05) is 78.9 Å². The number of carbonyl (C=O) groups is 2. The van der Waals surface area contributed by atoms with E-state index in [1.54, 1.807) is 91.0 Å². The van der Waals surface area contributed by atoms with Crippen LogP contribution in [0, 0.1) is 7.14 Å². The van der Waals surface area contributed by atoms with Crippen molar-refractivity contribution in [2.24, 2.45) is 0 Å². The molecule has 0 saturated heterocycles. The summed E-state index contributed by atoms with van der Waals surface area (Å²) in [6, 6.07) is 35.1. The Balaban J connectivity index is 1.43. The second-order valence-corrected chi connectivity index (χ2v) is 19.2. The highest BCUT2D eigenvalue weighted by Gasteiger charge is 2.82. The van der Waals surface area contributed by atoms with Gasteiger partial charge in [0.2, 0.25) is 3.57 Å². The third-order valence-electron chi connectivity index (χ3n) is 7.23. The van der Waals surface area contributed by atoms with Gasteiger partial charge in [-0.05, 0) is 60.7 Å². The van der Waals surface area contributed by atoms with E-state index in [0.717, 1.165) is 16.9 Å². The van der Waals surface area contributed by atoms with Crippen LogP contribution in [0.3, 0.4) is 0 Å². The van der Waals surface area contributed by atoms with E-state index in [-0.39, 0.29) is 8.47 Å². The van der Waals surface area contributed by atoms with Gasteiger partial charge in [-0.2, -0.15) is 43.2 Å². The molecule has 8 nitrogen and oxygen atoms in total. The van der Waals surface area contributed by atoms with Crippen molar-refractivity contribution >= 4 is 42.8 Å². The van der Waals surface area contributed by atoms with Crippen LogP contribution in [0.25, 0.3) is 0 Å². The van der Waals surface area contributed by atoms with Crippen molar-refractivity contribution in [3.8, 4) is 0 Å². The number of sulfonamides is 2. The van der Waals surface area contributed by atoms with Crippen LogP contribution in [0.1, 0.15) is 20.7 Å². The Morgan fingerprint density at radius 1 is 0.509 bits per heavy atom. The highest BCUT2D eigenvalue weighted by Crippen LogP contribution is 2.50. The predicted octanol–water partition coefficient (Wildman–Crippen LogP) is 3.55. The molecule has 0 aliphatic carbocycles. The maximum absolute atomic E-state index is 15.2. The summed E-state index contributed by atoms with van der Waals surface area (Å²) in [5, 5.41) is -13.9. The largest absolute Gasteiger partial charge is 0.433 e. The molecule has 2 amide bonds. The molecule has 0 fully saturated rings. The highest BCUT2D eigenvalue weighted by molar-refractivity contribution is 7.97. The van der Waals surface area contributed by atoms with E-state index in [1.165, 1.54) is 36.4 Å². The minimum Gasteiger partial charge on any atom is -0.268 e. The topological polar surface area (TPSA) is 126 Å². The normalized spacial score (nSPS) is 12.7. The maximum Gasteiger partial charge on any atom is 0.433 e. The molecule has 0 atom stereocenters. The lowest BCUT2D eigenvalue weighted by Gasteiger charge is -2.31. The zero-order valence-electron chi connectivity index (χ0n) is 26.6. The van der Waals surface area contributed by atoms with Gasteiger partial charge in [0.25, 0.3) is 11.8 Å². The van der Waals surface area contributed by atoms with Crippen LogP contribution in [0.4, 0.5) is 26.3 Å². The first kappa shape index (κ1) is 39.8. The summed E-state index contributed by atoms with van der Waals surface area (Å²) in [5.41, 5.74) is -1.11. The van der Waals surface area contributed by atoms with Crippen molar-refractivity contribution < 1.29 is 74.0 Å². The number of nitrogens with one attached hydrogen (secondary N) is 2. The number of hydrogen-bond donors (Lipinski definition) is 2. The smallest absolute Gasteiger partial charge is 0.268 e. The van der Waals surface area contributed by atoms with Gasteiger partial charge in [0.15, 0.2) is 18.3 Å². The van der Waals surface area contributed by atoms with E-state index < -0.39 is 91.5 Å². The molecular formula is C35H25F6IN2O6S3+2. The molecule has 0 unspecified atom stereocenters. The number of rotatable bonds is 13. The first-order valence-electron chi connectivity index (χ1n) is 14.9. The summed E-state index contributed by atoms with van der Waals surface area (Å²) in [6.45, 7) is 0. The first-order valence-corrected chi connectivity index (χ1v) is 21.3. The van der Waals surface area contributed by atoms with Crippen LogP contribution in [-0.2, 0) is 30.9 Å². The summed E-state index contributed by atoms with van der Waals surface area (Å²) >= 11 is -1.25. The van der Waals surface area contributed by atoms with Crippen molar-refractivity contribution in [2.45, 2.75) is 31.1 Å². The Morgan fingerprint density at radius 3 is 1.38 bits per heavy atom. The van der Waals surface area contributed by atoms with Crippen LogP contribution in [0.15, 0.2) is 154 Å². The summed E-state index contributed by atoms with van der Waals surface area (Å²) in [7, 11) is -15.4. The van der Waals surface area contributed by atoms with Crippen molar-refractivity contribution in [1.82, 2.24) is 9.44 Å². The molecule has 276 valence electrons.